The number of ether oxygens (including phenoxy) is 2. The van der Waals surface area contributed by atoms with Gasteiger partial charge in [0.1, 0.15) is 6.61 Å². The first kappa shape index (κ1) is 13.5. The summed E-state index contributed by atoms with van der Waals surface area (Å²) < 4.78 is 12.2. The van der Waals surface area contributed by atoms with Crippen LogP contribution in [0.4, 0.5) is 0 Å². The van der Waals surface area contributed by atoms with E-state index in [1.54, 1.807) is 17.4 Å². The van der Waals surface area contributed by atoms with Gasteiger partial charge in [-0.15, -0.1) is 11.3 Å². The van der Waals surface area contributed by atoms with Gasteiger partial charge in [-0.25, -0.2) is 0 Å². The van der Waals surface area contributed by atoms with Crippen molar-refractivity contribution in [1.82, 2.24) is 5.32 Å². The van der Waals surface area contributed by atoms with E-state index in [4.69, 9.17) is 9.47 Å². The third kappa shape index (κ3) is 2.96. The molecule has 1 atom stereocenters. The van der Waals surface area contributed by atoms with Crippen molar-refractivity contribution < 1.29 is 14.3 Å². The Bertz CT molecular complexity index is 628. The molecule has 0 fully saturated rings. The average Bonchev–Trinajstić information content (AvgIpc) is 2.90. The quantitative estimate of drug-likeness (QED) is 0.922. The molecule has 1 N–H and O–H groups in total. The molecule has 1 unspecified atom stereocenters. The van der Waals surface area contributed by atoms with Gasteiger partial charge < -0.3 is 14.8 Å². The lowest BCUT2D eigenvalue weighted by Crippen LogP contribution is -2.43. The second-order valence-corrected chi connectivity index (χ2v) is 6.22. The monoisotopic (exact) mass is 353 g/mol. The van der Waals surface area contributed by atoms with E-state index in [1.165, 1.54) is 0 Å². The maximum absolute atomic E-state index is 12.1. The number of nitrogens with one attached hydrogen (secondary N) is 1. The minimum Gasteiger partial charge on any atom is -0.485 e. The van der Waals surface area contributed by atoms with Crippen LogP contribution in [0.25, 0.3) is 0 Å². The predicted octanol–water partition coefficient (Wildman–Crippen LogP) is 2.97. The molecule has 0 radical (unpaired) electrons. The van der Waals surface area contributed by atoms with Gasteiger partial charge in [-0.05, 0) is 34.1 Å². The van der Waals surface area contributed by atoms with Crippen molar-refractivity contribution >= 4 is 33.2 Å². The molecule has 1 aliphatic heterocycles. The number of hydrogen-bond acceptors (Lipinski definition) is 4. The van der Waals surface area contributed by atoms with Crippen LogP contribution in [-0.4, -0.2) is 18.6 Å². The van der Waals surface area contributed by atoms with Gasteiger partial charge in [-0.3, -0.25) is 4.79 Å². The number of carbonyl (C=O) groups is 1. The molecular weight excluding hydrogens is 342 g/mol. The first-order valence-corrected chi connectivity index (χ1v) is 7.79. The fourth-order valence-corrected chi connectivity index (χ4v) is 3.27. The topological polar surface area (TPSA) is 47.6 Å². The van der Waals surface area contributed by atoms with E-state index in [0.29, 0.717) is 18.0 Å². The minimum absolute atomic E-state index is 0.163. The van der Waals surface area contributed by atoms with Gasteiger partial charge in [0.25, 0.3) is 5.91 Å². The van der Waals surface area contributed by atoms with Crippen LogP contribution in [0.1, 0.15) is 4.88 Å². The molecular formula is C14H12BrNO3S. The van der Waals surface area contributed by atoms with Gasteiger partial charge in [-0.2, -0.15) is 0 Å². The molecule has 1 aromatic heterocycles. The molecule has 0 saturated heterocycles. The summed E-state index contributed by atoms with van der Waals surface area (Å²) in [6.45, 7) is 0.730. The zero-order valence-corrected chi connectivity index (χ0v) is 12.9. The lowest BCUT2D eigenvalue weighted by molar-refractivity contribution is -0.130. The molecule has 6 heteroatoms. The Morgan fingerprint density at radius 1 is 1.40 bits per heavy atom. The standard InChI is InChI=1S/C14H12BrNO3S/c15-9-5-10(20-8-9)6-16-14(17)13-7-18-11-3-1-2-4-12(11)19-13/h1-5,8,13H,6-7H2,(H,16,17). The molecule has 3 rings (SSSR count). The van der Waals surface area contributed by atoms with Crippen molar-refractivity contribution in [1.29, 1.82) is 0 Å². The fourth-order valence-electron chi connectivity index (χ4n) is 1.88. The Kier molecular flexibility index (Phi) is 3.93. The summed E-state index contributed by atoms with van der Waals surface area (Å²) in [5, 5.41) is 4.84. The van der Waals surface area contributed by atoms with Crippen LogP contribution in [0.2, 0.25) is 0 Å². The van der Waals surface area contributed by atoms with Crippen LogP contribution in [-0.2, 0) is 11.3 Å². The third-order valence-corrected chi connectivity index (χ3v) is 4.56. The van der Waals surface area contributed by atoms with Crippen LogP contribution in [0.15, 0.2) is 40.2 Å². The van der Waals surface area contributed by atoms with E-state index in [0.717, 1.165) is 9.35 Å². The third-order valence-electron chi connectivity index (χ3n) is 2.86. The highest BCUT2D eigenvalue weighted by molar-refractivity contribution is 9.10. The summed E-state index contributed by atoms with van der Waals surface area (Å²) >= 11 is 4.98. The molecule has 0 bridgehead atoms. The maximum Gasteiger partial charge on any atom is 0.264 e. The second-order valence-electron chi connectivity index (χ2n) is 4.31. The SMILES string of the molecule is O=C(NCc1cc(Br)cs1)C1COc2ccccc2O1. The van der Waals surface area contributed by atoms with Crippen molar-refractivity contribution in [2.75, 3.05) is 6.61 Å². The molecule has 0 aliphatic carbocycles. The maximum atomic E-state index is 12.1. The Balaban J connectivity index is 1.59. The summed E-state index contributed by atoms with van der Waals surface area (Å²) in [6, 6.07) is 9.33. The number of halogens is 1. The molecule has 2 heterocycles. The second kappa shape index (κ2) is 5.85. The van der Waals surface area contributed by atoms with Crippen LogP contribution in [0.5, 0.6) is 11.5 Å². The highest BCUT2D eigenvalue weighted by atomic mass is 79.9. The van der Waals surface area contributed by atoms with Crippen molar-refractivity contribution in [3.63, 3.8) is 0 Å². The van der Waals surface area contributed by atoms with Crippen molar-refractivity contribution in [2.24, 2.45) is 0 Å². The smallest absolute Gasteiger partial charge is 0.264 e. The molecule has 0 saturated carbocycles. The van der Waals surface area contributed by atoms with Gasteiger partial charge in [0.2, 0.25) is 6.10 Å². The molecule has 1 amide bonds. The van der Waals surface area contributed by atoms with Crippen LogP contribution in [0, 0.1) is 0 Å². The highest BCUT2D eigenvalue weighted by Gasteiger charge is 2.26. The molecule has 20 heavy (non-hydrogen) atoms. The summed E-state index contributed by atoms with van der Waals surface area (Å²) in [5.74, 6) is 1.13. The van der Waals surface area contributed by atoms with Crippen molar-refractivity contribution in [3.05, 3.63) is 45.1 Å². The zero-order chi connectivity index (χ0) is 13.9. The molecule has 104 valence electrons. The normalized spacial score (nSPS) is 16.8. The summed E-state index contributed by atoms with van der Waals surface area (Å²) in [6.07, 6.45) is -0.603. The molecule has 4 nitrogen and oxygen atoms in total. The molecule has 1 aromatic carbocycles. The highest BCUT2D eigenvalue weighted by Crippen LogP contribution is 2.30. The average molecular weight is 354 g/mol. The first-order chi connectivity index (χ1) is 9.72. The number of benzene rings is 1. The number of fused-ring (bicyclic) bond motifs is 1. The van der Waals surface area contributed by atoms with Gasteiger partial charge in [0, 0.05) is 14.7 Å². The van der Waals surface area contributed by atoms with Gasteiger partial charge in [0.05, 0.1) is 6.54 Å². The number of para-hydroxylation sites is 2. The van der Waals surface area contributed by atoms with E-state index in [-0.39, 0.29) is 12.5 Å². The summed E-state index contributed by atoms with van der Waals surface area (Å²) in [4.78, 5) is 13.2. The lowest BCUT2D eigenvalue weighted by Gasteiger charge is -2.25. The van der Waals surface area contributed by atoms with Crippen LogP contribution >= 0.6 is 27.3 Å². The largest absolute Gasteiger partial charge is 0.485 e. The Morgan fingerprint density at radius 3 is 2.95 bits per heavy atom. The van der Waals surface area contributed by atoms with E-state index in [2.05, 4.69) is 21.2 Å². The molecule has 0 spiro atoms. The van der Waals surface area contributed by atoms with Gasteiger partial charge in [-0.1, -0.05) is 12.1 Å². The Morgan fingerprint density at radius 2 is 2.20 bits per heavy atom. The number of rotatable bonds is 3. The van der Waals surface area contributed by atoms with E-state index in [1.807, 2.05) is 29.6 Å². The van der Waals surface area contributed by atoms with E-state index in [9.17, 15) is 4.79 Å². The van der Waals surface area contributed by atoms with Gasteiger partial charge >= 0.3 is 0 Å². The number of hydrogen-bond donors (Lipinski definition) is 1. The summed E-state index contributed by atoms with van der Waals surface area (Å²) in [5.41, 5.74) is 0. The first-order valence-electron chi connectivity index (χ1n) is 6.11. The summed E-state index contributed by atoms with van der Waals surface area (Å²) in [7, 11) is 0. The fraction of sp³-hybridized carbons (Fsp3) is 0.214. The minimum atomic E-state index is -0.603. The lowest BCUT2D eigenvalue weighted by atomic mass is 10.2. The van der Waals surface area contributed by atoms with E-state index < -0.39 is 6.10 Å². The number of amides is 1. The zero-order valence-electron chi connectivity index (χ0n) is 10.5. The molecule has 2 aromatic rings. The van der Waals surface area contributed by atoms with E-state index >= 15 is 0 Å². The van der Waals surface area contributed by atoms with Crippen molar-refractivity contribution in [2.45, 2.75) is 12.6 Å². The Labute approximate surface area is 128 Å². The predicted molar refractivity (Wildman–Crippen MR) is 80.2 cm³/mol. The Hall–Kier alpha value is -1.53. The number of thiophene rings is 1. The van der Waals surface area contributed by atoms with Crippen LogP contribution < -0.4 is 14.8 Å². The van der Waals surface area contributed by atoms with Crippen molar-refractivity contribution in [3.8, 4) is 11.5 Å². The van der Waals surface area contributed by atoms with Gasteiger partial charge in [0.15, 0.2) is 11.5 Å². The molecule has 1 aliphatic rings. The van der Waals surface area contributed by atoms with Crippen LogP contribution in [0.3, 0.4) is 0 Å². The number of carbonyl (C=O) groups excluding carboxylic acids is 1.